The third-order valence-electron chi connectivity index (χ3n) is 4.99. The van der Waals surface area contributed by atoms with Crippen LogP contribution in [-0.2, 0) is 16.6 Å². The molecule has 0 aliphatic heterocycles. The van der Waals surface area contributed by atoms with Gasteiger partial charge in [0.2, 0.25) is 0 Å². The number of hydrogen-bond acceptors (Lipinski definition) is 5. The summed E-state index contributed by atoms with van der Waals surface area (Å²) in [5, 5.41) is 0.0219. The van der Waals surface area contributed by atoms with Gasteiger partial charge in [0.05, 0.1) is 19.2 Å². The first kappa shape index (κ1) is 24.4. The van der Waals surface area contributed by atoms with Crippen LogP contribution in [-0.4, -0.2) is 40.5 Å². The molecule has 0 spiro atoms. The number of carbonyl (C=O) groups excluding carboxylic acids is 1. The SMILES string of the molecule is COc1ccc(CN(C)C(=O)c2ccc(Cl)c(S(=O)(=O)Nc3ccc(C)cc3)c2)cc1OC. The maximum Gasteiger partial charge on any atom is 0.263 e. The van der Waals surface area contributed by atoms with Crippen LogP contribution in [0, 0.1) is 6.92 Å². The van der Waals surface area contributed by atoms with Crippen LogP contribution in [0.3, 0.4) is 0 Å². The van der Waals surface area contributed by atoms with Crippen molar-refractivity contribution >= 4 is 33.2 Å². The number of hydrogen-bond donors (Lipinski definition) is 1. The molecule has 3 rings (SSSR count). The molecular formula is C24H25ClN2O5S. The molecule has 0 aromatic heterocycles. The van der Waals surface area contributed by atoms with Crippen molar-refractivity contribution in [2.75, 3.05) is 26.0 Å². The standard InChI is InChI=1S/C24H25ClN2O5S/c1-16-5-9-19(10-6-16)26-33(29,30)23-14-18(8-11-20(23)25)24(28)27(2)15-17-7-12-21(31-3)22(13-17)32-4/h5-14,26H,15H2,1-4H3. The number of nitrogens with one attached hydrogen (secondary N) is 1. The molecule has 0 fully saturated rings. The van der Waals surface area contributed by atoms with E-state index in [1.165, 1.54) is 30.2 Å². The van der Waals surface area contributed by atoms with Crippen LogP contribution in [0.15, 0.2) is 65.6 Å². The van der Waals surface area contributed by atoms with Crippen molar-refractivity contribution in [3.8, 4) is 11.5 Å². The number of rotatable bonds is 8. The normalized spacial score (nSPS) is 11.1. The van der Waals surface area contributed by atoms with Crippen molar-refractivity contribution in [1.82, 2.24) is 4.90 Å². The van der Waals surface area contributed by atoms with Gasteiger partial charge in [-0.1, -0.05) is 35.4 Å². The van der Waals surface area contributed by atoms with Gasteiger partial charge in [-0.15, -0.1) is 0 Å². The van der Waals surface area contributed by atoms with Crippen molar-refractivity contribution in [2.24, 2.45) is 0 Å². The van der Waals surface area contributed by atoms with Gasteiger partial charge >= 0.3 is 0 Å². The van der Waals surface area contributed by atoms with Crippen molar-refractivity contribution in [2.45, 2.75) is 18.4 Å². The minimum atomic E-state index is -4.00. The van der Waals surface area contributed by atoms with Crippen molar-refractivity contribution in [3.05, 3.63) is 82.4 Å². The summed E-state index contributed by atoms with van der Waals surface area (Å²) in [6.45, 7) is 2.19. The molecule has 1 amide bonds. The Bertz CT molecular complexity index is 1260. The Morgan fingerprint density at radius 2 is 1.64 bits per heavy atom. The van der Waals surface area contributed by atoms with E-state index in [1.807, 2.05) is 13.0 Å². The van der Waals surface area contributed by atoms with Crippen LogP contribution in [0.2, 0.25) is 5.02 Å². The highest BCUT2D eigenvalue weighted by atomic mass is 35.5. The van der Waals surface area contributed by atoms with Gasteiger partial charge < -0.3 is 14.4 Å². The maximum atomic E-state index is 13.0. The minimum Gasteiger partial charge on any atom is -0.493 e. The fourth-order valence-corrected chi connectivity index (χ4v) is 4.80. The molecule has 9 heteroatoms. The molecule has 0 aliphatic rings. The second kappa shape index (κ2) is 10.1. The van der Waals surface area contributed by atoms with E-state index in [2.05, 4.69) is 4.72 Å². The Morgan fingerprint density at radius 1 is 0.970 bits per heavy atom. The smallest absolute Gasteiger partial charge is 0.263 e. The number of sulfonamides is 1. The number of halogens is 1. The fourth-order valence-electron chi connectivity index (χ4n) is 3.22. The van der Waals surface area contributed by atoms with Crippen LogP contribution in [0.5, 0.6) is 11.5 Å². The van der Waals surface area contributed by atoms with Crippen LogP contribution in [0.4, 0.5) is 5.69 Å². The lowest BCUT2D eigenvalue weighted by atomic mass is 10.1. The van der Waals surface area contributed by atoms with E-state index in [4.69, 9.17) is 21.1 Å². The first-order chi connectivity index (χ1) is 15.6. The highest BCUT2D eigenvalue weighted by molar-refractivity contribution is 7.92. The Hall–Kier alpha value is -3.23. The van der Waals surface area contributed by atoms with Gasteiger partial charge in [0, 0.05) is 24.8 Å². The molecule has 7 nitrogen and oxygen atoms in total. The number of ether oxygens (including phenoxy) is 2. The summed E-state index contributed by atoms with van der Waals surface area (Å²) in [4.78, 5) is 14.3. The lowest BCUT2D eigenvalue weighted by Gasteiger charge is -2.19. The van der Waals surface area contributed by atoms with Gasteiger partial charge in [0.15, 0.2) is 11.5 Å². The van der Waals surface area contributed by atoms with Gasteiger partial charge in [-0.2, -0.15) is 0 Å². The van der Waals surface area contributed by atoms with Gasteiger partial charge in [-0.3, -0.25) is 9.52 Å². The molecule has 0 saturated heterocycles. The van der Waals surface area contributed by atoms with E-state index in [1.54, 1.807) is 50.6 Å². The molecule has 1 N–H and O–H groups in total. The highest BCUT2D eigenvalue weighted by Crippen LogP contribution is 2.29. The van der Waals surface area contributed by atoms with Gasteiger partial charge in [-0.25, -0.2) is 8.42 Å². The van der Waals surface area contributed by atoms with Crippen LogP contribution in [0.1, 0.15) is 21.5 Å². The number of amides is 1. The fraction of sp³-hybridized carbons (Fsp3) is 0.208. The Labute approximate surface area is 198 Å². The third-order valence-corrected chi connectivity index (χ3v) is 6.85. The molecule has 3 aromatic rings. The van der Waals surface area contributed by atoms with E-state index in [9.17, 15) is 13.2 Å². The van der Waals surface area contributed by atoms with Crippen LogP contribution in [0.25, 0.3) is 0 Å². The molecule has 0 saturated carbocycles. The minimum absolute atomic E-state index is 0.0219. The van der Waals surface area contributed by atoms with Crippen LogP contribution < -0.4 is 14.2 Å². The number of carbonyl (C=O) groups is 1. The summed E-state index contributed by atoms with van der Waals surface area (Å²) in [6, 6.07) is 16.5. The summed E-state index contributed by atoms with van der Waals surface area (Å²) in [6.07, 6.45) is 0. The maximum absolute atomic E-state index is 13.0. The molecular weight excluding hydrogens is 464 g/mol. The lowest BCUT2D eigenvalue weighted by molar-refractivity contribution is 0.0784. The Balaban J connectivity index is 1.83. The molecule has 0 aliphatic carbocycles. The second-order valence-corrected chi connectivity index (χ2v) is 9.53. The summed E-state index contributed by atoms with van der Waals surface area (Å²) in [5.41, 5.74) is 2.43. The molecule has 0 unspecified atom stereocenters. The molecule has 174 valence electrons. The first-order valence-electron chi connectivity index (χ1n) is 10.00. The lowest BCUT2D eigenvalue weighted by Crippen LogP contribution is -2.26. The van der Waals surface area contributed by atoms with Crippen LogP contribution >= 0.6 is 11.6 Å². The molecule has 0 atom stereocenters. The van der Waals surface area contributed by atoms with E-state index in [0.29, 0.717) is 17.2 Å². The first-order valence-corrected chi connectivity index (χ1v) is 11.9. The monoisotopic (exact) mass is 488 g/mol. The summed E-state index contributed by atoms with van der Waals surface area (Å²) in [5.74, 6) is 0.787. The Morgan fingerprint density at radius 3 is 2.27 bits per heavy atom. The van der Waals surface area contributed by atoms with Gasteiger partial charge in [-0.05, 0) is 55.0 Å². The quantitative estimate of drug-likeness (QED) is 0.495. The highest BCUT2D eigenvalue weighted by Gasteiger charge is 2.22. The summed E-state index contributed by atoms with van der Waals surface area (Å²) in [7, 11) is 0.721. The van der Waals surface area contributed by atoms with Gasteiger partial charge in [0.1, 0.15) is 4.90 Å². The molecule has 33 heavy (non-hydrogen) atoms. The Kier molecular flexibility index (Phi) is 7.50. The molecule has 3 aromatic carbocycles. The zero-order chi connectivity index (χ0) is 24.2. The van der Waals surface area contributed by atoms with E-state index < -0.39 is 10.0 Å². The predicted molar refractivity (Wildman–Crippen MR) is 129 cm³/mol. The number of aryl methyl sites for hydroxylation is 1. The summed E-state index contributed by atoms with van der Waals surface area (Å²) < 4.78 is 38.9. The molecule has 0 radical (unpaired) electrons. The average molecular weight is 489 g/mol. The number of nitrogens with zero attached hydrogens (tertiary/aromatic N) is 1. The number of methoxy groups -OCH3 is 2. The van der Waals surface area contributed by atoms with E-state index >= 15 is 0 Å². The molecule has 0 heterocycles. The number of benzene rings is 3. The largest absolute Gasteiger partial charge is 0.493 e. The second-order valence-electron chi connectivity index (χ2n) is 7.47. The van der Waals surface area contributed by atoms with Crippen molar-refractivity contribution in [3.63, 3.8) is 0 Å². The average Bonchev–Trinajstić information content (AvgIpc) is 2.80. The van der Waals surface area contributed by atoms with E-state index in [-0.39, 0.29) is 27.9 Å². The topological polar surface area (TPSA) is 84.9 Å². The van der Waals surface area contributed by atoms with Gasteiger partial charge in [0.25, 0.3) is 15.9 Å². The van der Waals surface area contributed by atoms with Crippen molar-refractivity contribution < 1.29 is 22.7 Å². The zero-order valence-electron chi connectivity index (χ0n) is 18.8. The van der Waals surface area contributed by atoms with E-state index in [0.717, 1.165) is 11.1 Å². The summed E-state index contributed by atoms with van der Waals surface area (Å²) >= 11 is 6.18. The zero-order valence-corrected chi connectivity index (χ0v) is 20.3. The van der Waals surface area contributed by atoms with Crippen molar-refractivity contribution in [1.29, 1.82) is 0 Å². The third kappa shape index (κ3) is 5.77. The predicted octanol–water partition coefficient (Wildman–Crippen LogP) is 4.74. The molecule has 0 bridgehead atoms. The number of anilines is 1.